The van der Waals surface area contributed by atoms with Crippen molar-refractivity contribution in [2.45, 2.75) is 19.6 Å². The maximum absolute atomic E-state index is 12.9. The number of phenols is 1. The lowest BCUT2D eigenvalue weighted by atomic mass is 10.2. The fourth-order valence-electron chi connectivity index (χ4n) is 3.64. The molecule has 4 aromatic rings. The number of aliphatic hydroxyl groups is 1. The van der Waals surface area contributed by atoms with Gasteiger partial charge in [-0.05, 0) is 42.3 Å². The molecule has 0 saturated heterocycles. The highest BCUT2D eigenvalue weighted by Crippen LogP contribution is 2.18. The molecule has 0 aliphatic carbocycles. The summed E-state index contributed by atoms with van der Waals surface area (Å²) in [6, 6.07) is 13.9. The van der Waals surface area contributed by atoms with E-state index < -0.39 is 17.4 Å². The SMILES string of the molecule is Cc1cccc(OCC(O)Cn2c(NN=Cc3cccc(O)c3)nc3c2c(=O)n(C)c(=O)n3C)c1. The monoisotopic (exact) mass is 478 g/mol. The number of benzene rings is 2. The molecule has 2 aromatic heterocycles. The topological polar surface area (TPSA) is 136 Å². The second-order valence-corrected chi connectivity index (χ2v) is 8.17. The number of fused-ring (bicyclic) bond motifs is 1. The standard InChI is InChI=1S/C24H26N6O5/c1-15-6-4-9-19(10-15)35-14-18(32)13-30-20-21(28(2)24(34)29(3)22(20)33)26-23(30)27-25-12-16-7-5-8-17(31)11-16/h4-12,18,31-32H,13-14H2,1-3H3,(H,26,27). The highest BCUT2D eigenvalue weighted by molar-refractivity contribution is 5.81. The van der Waals surface area contributed by atoms with Gasteiger partial charge in [0.2, 0.25) is 5.95 Å². The summed E-state index contributed by atoms with van der Waals surface area (Å²) in [4.78, 5) is 29.7. The van der Waals surface area contributed by atoms with Crippen molar-refractivity contribution >= 4 is 23.3 Å². The van der Waals surface area contributed by atoms with Crippen LogP contribution in [-0.2, 0) is 20.6 Å². The summed E-state index contributed by atoms with van der Waals surface area (Å²) in [5.41, 5.74) is 3.65. The summed E-state index contributed by atoms with van der Waals surface area (Å²) in [7, 11) is 2.89. The number of hydrogen-bond acceptors (Lipinski definition) is 8. The molecule has 2 aromatic carbocycles. The fraction of sp³-hybridized carbons (Fsp3) is 0.250. The predicted molar refractivity (Wildman–Crippen MR) is 132 cm³/mol. The van der Waals surface area contributed by atoms with Crippen LogP contribution in [0, 0.1) is 6.92 Å². The van der Waals surface area contributed by atoms with Crippen LogP contribution in [0.2, 0.25) is 0 Å². The number of aryl methyl sites for hydroxylation is 2. The number of anilines is 1. The number of nitrogens with one attached hydrogen (secondary N) is 1. The van der Waals surface area contributed by atoms with Crippen molar-refractivity contribution in [2.24, 2.45) is 19.2 Å². The first-order valence-corrected chi connectivity index (χ1v) is 10.9. The van der Waals surface area contributed by atoms with E-state index in [4.69, 9.17) is 4.74 Å². The summed E-state index contributed by atoms with van der Waals surface area (Å²) in [5.74, 6) is 0.868. The molecule has 35 heavy (non-hydrogen) atoms. The van der Waals surface area contributed by atoms with E-state index in [-0.39, 0.29) is 36.0 Å². The zero-order chi connectivity index (χ0) is 25.1. The Kier molecular flexibility index (Phi) is 6.69. The van der Waals surface area contributed by atoms with Gasteiger partial charge in [-0.1, -0.05) is 24.3 Å². The molecular weight excluding hydrogens is 452 g/mol. The molecule has 0 aliphatic rings. The van der Waals surface area contributed by atoms with E-state index in [0.717, 1.165) is 10.1 Å². The molecule has 0 radical (unpaired) electrons. The molecule has 3 N–H and O–H groups in total. The van der Waals surface area contributed by atoms with Crippen molar-refractivity contribution in [3.05, 3.63) is 80.5 Å². The Balaban J connectivity index is 1.66. The van der Waals surface area contributed by atoms with Crippen LogP contribution in [0.15, 0.2) is 63.2 Å². The van der Waals surface area contributed by atoms with Crippen molar-refractivity contribution in [3.8, 4) is 11.5 Å². The van der Waals surface area contributed by atoms with Crippen LogP contribution in [0.4, 0.5) is 5.95 Å². The Morgan fingerprint density at radius 1 is 1.14 bits per heavy atom. The van der Waals surface area contributed by atoms with Crippen molar-refractivity contribution in [2.75, 3.05) is 12.0 Å². The minimum atomic E-state index is -0.995. The molecule has 1 atom stereocenters. The number of hydrogen-bond donors (Lipinski definition) is 3. The second-order valence-electron chi connectivity index (χ2n) is 8.17. The van der Waals surface area contributed by atoms with Crippen LogP contribution in [0.3, 0.4) is 0 Å². The maximum Gasteiger partial charge on any atom is 0.332 e. The third-order valence-electron chi connectivity index (χ3n) is 5.42. The first-order valence-electron chi connectivity index (χ1n) is 10.9. The number of rotatable bonds is 8. The Bertz CT molecular complexity index is 1520. The minimum Gasteiger partial charge on any atom is -0.508 e. The summed E-state index contributed by atoms with van der Waals surface area (Å²) in [6.07, 6.45) is 0.475. The molecule has 0 saturated carbocycles. The molecule has 2 heterocycles. The zero-order valence-corrected chi connectivity index (χ0v) is 19.5. The number of phenolic OH excluding ortho intramolecular Hbond substituents is 1. The highest BCUT2D eigenvalue weighted by atomic mass is 16.5. The van der Waals surface area contributed by atoms with Gasteiger partial charge in [0.1, 0.15) is 24.2 Å². The summed E-state index contributed by atoms with van der Waals surface area (Å²) >= 11 is 0. The Labute approximate surface area is 200 Å². The van der Waals surface area contributed by atoms with Gasteiger partial charge in [-0.15, -0.1) is 0 Å². The summed E-state index contributed by atoms with van der Waals surface area (Å²) < 4.78 is 9.41. The van der Waals surface area contributed by atoms with E-state index in [0.29, 0.717) is 11.3 Å². The Morgan fingerprint density at radius 3 is 2.66 bits per heavy atom. The quantitative estimate of drug-likeness (QED) is 0.257. The second kappa shape index (κ2) is 9.85. The number of nitrogens with zero attached hydrogens (tertiary/aromatic N) is 5. The van der Waals surface area contributed by atoms with E-state index in [1.54, 1.807) is 24.3 Å². The molecule has 11 heteroatoms. The van der Waals surface area contributed by atoms with Gasteiger partial charge in [0.15, 0.2) is 11.2 Å². The predicted octanol–water partition coefficient (Wildman–Crippen LogP) is 1.33. The molecule has 0 spiro atoms. The van der Waals surface area contributed by atoms with Crippen molar-refractivity contribution in [1.82, 2.24) is 18.7 Å². The normalized spacial score (nSPS) is 12.3. The summed E-state index contributed by atoms with van der Waals surface area (Å²) in [5, 5.41) is 24.5. The summed E-state index contributed by atoms with van der Waals surface area (Å²) in [6.45, 7) is 1.87. The lowest BCUT2D eigenvalue weighted by Crippen LogP contribution is -2.38. The van der Waals surface area contributed by atoms with E-state index in [1.165, 1.54) is 35.5 Å². The minimum absolute atomic E-state index is 0.0266. The van der Waals surface area contributed by atoms with Gasteiger partial charge < -0.3 is 19.5 Å². The van der Waals surface area contributed by atoms with Gasteiger partial charge in [0.05, 0.1) is 12.8 Å². The number of ether oxygens (including phenoxy) is 1. The molecule has 4 rings (SSSR count). The van der Waals surface area contributed by atoms with Crippen LogP contribution in [0.25, 0.3) is 11.2 Å². The molecule has 0 bridgehead atoms. The third-order valence-corrected chi connectivity index (χ3v) is 5.42. The van der Waals surface area contributed by atoms with Gasteiger partial charge in [-0.25, -0.2) is 10.2 Å². The van der Waals surface area contributed by atoms with Crippen LogP contribution >= 0.6 is 0 Å². The van der Waals surface area contributed by atoms with Crippen LogP contribution in [0.1, 0.15) is 11.1 Å². The van der Waals surface area contributed by atoms with Gasteiger partial charge in [-0.2, -0.15) is 10.1 Å². The first-order chi connectivity index (χ1) is 16.7. The van der Waals surface area contributed by atoms with Crippen LogP contribution in [0.5, 0.6) is 11.5 Å². The average Bonchev–Trinajstić information content (AvgIpc) is 3.18. The lowest BCUT2D eigenvalue weighted by Gasteiger charge is -2.15. The van der Waals surface area contributed by atoms with E-state index >= 15 is 0 Å². The molecule has 11 nitrogen and oxygen atoms in total. The Hall–Kier alpha value is -4.38. The number of imidazole rings is 1. The van der Waals surface area contributed by atoms with Crippen LogP contribution < -0.4 is 21.4 Å². The van der Waals surface area contributed by atoms with Crippen molar-refractivity contribution in [1.29, 1.82) is 0 Å². The van der Waals surface area contributed by atoms with Crippen molar-refractivity contribution < 1.29 is 14.9 Å². The first kappa shape index (κ1) is 23.8. The van der Waals surface area contributed by atoms with Gasteiger partial charge in [0.25, 0.3) is 5.56 Å². The number of aromatic nitrogens is 4. The molecular formula is C24H26N6O5. The lowest BCUT2D eigenvalue weighted by molar-refractivity contribution is 0.0938. The molecule has 0 aliphatic heterocycles. The highest BCUT2D eigenvalue weighted by Gasteiger charge is 2.21. The molecule has 0 fully saturated rings. The average molecular weight is 479 g/mol. The van der Waals surface area contributed by atoms with E-state index in [9.17, 15) is 19.8 Å². The third kappa shape index (κ3) is 5.09. The maximum atomic E-state index is 12.9. The van der Waals surface area contributed by atoms with Crippen molar-refractivity contribution in [3.63, 3.8) is 0 Å². The van der Waals surface area contributed by atoms with Gasteiger partial charge in [-0.3, -0.25) is 13.9 Å². The Morgan fingerprint density at radius 2 is 1.91 bits per heavy atom. The number of hydrazone groups is 1. The fourth-order valence-corrected chi connectivity index (χ4v) is 3.64. The molecule has 0 amide bonds. The van der Waals surface area contributed by atoms with Gasteiger partial charge in [0, 0.05) is 14.1 Å². The molecule has 182 valence electrons. The number of aromatic hydroxyl groups is 1. The smallest absolute Gasteiger partial charge is 0.332 e. The van der Waals surface area contributed by atoms with Crippen LogP contribution in [-0.4, -0.2) is 47.8 Å². The largest absolute Gasteiger partial charge is 0.508 e. The van der Waals surface area contributed by atoms with E-state index in [1.807, 2.05) is 25.1 Å². The van der Waals surface area contributed by atoms with Gasteiger partial charge >= 0.3 is 5.69 Å². The molecule has 1 unspecified atom stereocenters. The zero-order valence-electron chi connectivity index (χ0n) is 19.5. The van der Waals surface area contributed by atoms with E-state index in [2.05, 4.69) is 15.5 Å². The number of aliphatic hydroxyl groups excluding tert-OH is 1.